The molecule has 0 fully saturated rings. The predicted molar refractivity (Wildman–Crippen MR) is 98.0 cm³/mol. The number of anilines is 1. The number of amides is 1. The van der Waals surface area contributed by atoms with Gasteiger partial charge in [0.1, 0.15) is 5.69 Å². The zero-order valence-corrected chi connectivity index (χ0v) is 13.8. The number of benzene rings is 2. The van der Waals surface area contributed by atoms with Crippen LogP contribution < -0.4 is 5.32 Å². The first-order valence-electron chi connectivity index (χ1n) is 7.25. The molecule has 0 atom stereocenters. The van der Waals surface area contributed by atoms with E-state index >= 15 is 0 Å². The Balaban J connectivity index is 1.69. The maximum atomic E-state index is 12.5. The Labute approximate surface area is 147 Å². The molecule has 0 radical (unpaired) electrons. The van der Waals surface area contributed by atoms with Crippen molar-refractivity contribution >= 4 is 56.6 Å². The van der Waals surface area contributed by atoms with Gasteiger partial charge in [0.15, 0.2) is 0 Å². The lowest BCUT2D eigenvalue weighted by Crippen LogP contribution is -2.13. The van der Waals surface area contributed by atoms with E-state index in [1.165, 1.54) is 0 Å². The van der Waals surface area contributed by atoms with Crippen LogP contribution in [0.3, 0.4) is 0 Å². The lowest BCUT2D eigenvalue weighted by Gasteiger charge is -2.05. The molecule has 4 nitrogen and oxygen atoms in total. The number of carbonyl (C=O) groups is 1. The number of pyridine rings is 1. The summed E-state index contributed by atoms with van der Waals surface area (Å²) in [6, 6.07) is 14.8. The second kappa shape index (κ2) is 5.82. The van der Waals surface area contributed by atoms with Crippen LogP contribution >= 0.6 is 23.2 Å². The van der Waals surface area contributed by atoms with Gasteiger partial charge >= 0.3 is 0 Å². The fourth-order valence-electron chi connectivity index (χ4n) is 2.62. The molecule has 6 heteroatoms. The van der Waals surface area contributed by atoms with Crippen molar-refractivity contribution in [3.8, 4) is 0 Å². The third-order valence-corrected chi connectivity index (χ3v) is 4.40. The van der Waals surface area contributed by atoms with Crippen molar-refractivity contribution in [2.45, 2.75) is 0 Å². The first-order chi connectivity index (χ1) is 11.6. The van der Waals surface area contributed by atoms with Gasteiger partial charge in [-0.2, -0.15) is 0 Å². The molecule has 2 aromatic carbocycles. The number of hydrogen-bond acceptors (Lipinski definition) is 2. The number of aromatic nitrogens is 2. The Kier molecular flexibility index (Phi) is 3.63. The van der Waals surface area contributed by atoms with E-state index in [1.54, 1.807) is 24.4 Å². The molecule has 0 saturated carbocycles. The van der Waals surface area contributed by atoms with Crippen LogP contribution in [0.1, 0.15) is 10.5 Å². The number of nitrogens with one attached hydrogen (secondary N) is 2. The van der Waals surface area contributed by atoms with Crippen LogP contribution in [0.5, 0.6) is 0 Å². The van der Waals surface area contributed by atoms with E-state index in [1.807, 2.05) is 30.3 Å². The fraction of sp³-hybridized carbons (Fsp3) is 0. The van der Waals surface area contributed by atoms with Crippen LogP contribution in [-0.2, 0) is 0 Å². The van der Waals surface area contributed by atoms with Crippen molar-refractivity contribution < 1.29 is 4.79 Å². The number of carbonyl (C=O) groups excluding carboxylic acids is 1. The van der Waals surface area contributed by atoms with Gasteiger partial charge in [-0.1, -0.05) is 41.4 Å². The molecule has 1 amide bonds. The van der Waals surface area contributed by atoms with Crippen molar-refractivity contribution in [1.82, 2.24) is 9.97 Å². The minimum atomic E-state index is -0.329. The lowest BCUT2D eigenvalue weighted by molar-refractivity contribution is 0.102. The molecule has 0 unspecified atom stereocenters. The van der Waals surface area contributed by atoms with Gasteiger partial charge in [0.2, 0.25) is 0 Å². The van der Waals surface area contributed by atoms with Crippen LogP contribution in [0, 0.1) is 0 Å². The highest BCUT2D eigenvalue weighted by Crippen LogP contribution is 2.30. The van der Waals surface area contributed by atoms with Crippen molar-refractivity contribution in [1.29, 1.82) is 0 Å². The molecule has 0 aliphatic heterocycles. The van der Waals surface area contributed by atoms with E-state index in [0.29, 0.717) is 26.8 Å². The molecule has 2 heterocycles. The van der Waals surface area contributed by atoms with Crippen LogP contribution in [-0.4, -0.2) is 15.9 Å². The molecule has 0 aliphatic rings. The van der Waals surface area contributed by atoms with E-state index in [-0.39, 0.29) is 5.91 Å². The molecule has 2 N–H and O–H groups in total. The van der Waals surface area contributed by atoms with Gasteiger partial charge in [-0.15, -0.1) is 0 Å². The van der Waals surface area contributed by atoms with Crippen LogP contribution in [0.15, 0.2) is 54.7 Å². The highest BCUT2D eigenvalue weighted by molar-refractivity contribution is 6.40. The van der Waals surface area contributed by atoms with Gasteiger partial charge in [-0.25, -0.2) is 0 Å². The van der Waals surface area contributed by atoms with Crippen LogP contribution in [0.2, 0.25) is 10.0 Å². The molecule has 0 aliphatic carbocycles. The Morgan fingerprint density at radius 2 is 1.92 bits per heavy atom. The second-order valence-electron chi connectivity index (χ2n) is 5.37. The predicted octanol–water partition coefficient (Wildman–Crippen LogP) is 5.28. The molecular formula is C18H11Cl2N3O. The Morgan fingerprint density at radius 3 is 2.79 bits per heavy atom. The van der Waals surface area contributed by atoms with Gasteiger partial charge in [0.05, 0.1) is 22.4 Å². The number of halogens is 2. The molecule has 0 saturated heterocycles. The summed E-state index contributed by atoms with van der Waals surface area (Å²) in [6.07, 6.45) is 1.62. The maximum Gasteiger partial charge on any atom is 0.273 e. The standard InChI is InChI=1S/C18H11Cl2N3O/c19-11-5-6-15-13(8-11)16(20)17(23-15)18(24)22-12-7-10-3-1-2-4-14(10)21-9-12/h1-9,23H,(H,22,24). The molecule has 118 valence electrons. The highest BCUT2D eigenvalue weighted by Gasteiger charge is 2.17. The molecule has 2 aromatic heterocycles. The fourth-order valence-corrected chi connectivity index (χ4v) is 3.08. The number of H-pyrrole nitrogens is 1. The molecular weight excluding hydrogens is 345 g/mol. The zero-order valence-electron chi connectivity index (χ0n) is 12.3. The third-order valence-electron chi connectivity index (χ3n) is 3.77. The van der Waals surface area contributed by atoms with Gasteiger partial charge in [0.25, 0.3) is 5.91 Å². The van der Waals surface area contributed by atoms with Gasteiger partial charge < -0.3 is 10.3 Å². The minimum absolute atomic E-state index is 0.294. The van der Waals surface area contributed by atoms with Crippen molar-refractivity contribution in [3.05, 3.63) is 70.5 Å². The average molecular weight is 356 g/mol. The van der Waals surface area contributed by atoms with Crippen LogP contribution in [0.25, 0.3) is 21.8 Å². The van der Waals surface area contributed by atoms with E-state index in [9.17, 15) is 4.79 Å². The maximum absolute atomic E-state index is 12.5. The Hall–Kier alpha value is -2.56. The number of aromatic amines is 1. The van der Waals surface area contributed by atoms with Crippen molar-refractivity contribution in [3.63, 3.8) is 0 Å². The molecule has 4 aromatic rings. The second-order valence-corrected chi connectivity index (χ2v) is 6.19. The zero-order chi connectivity index (χ0) is 16.7. The van der Waals surface area contributed by atoms with Gasteiger partial charge in [-0.3, -0.25) is 9.78 Å². The molecule has 24 heavy (non-hydrogen) atoms. The lowest BCUT2D eigenvalue weighted by atomic mass is 10.2. The van der Waals surface area contributed by atoms with Crippen molar-refractivity contribution in [2.75, 3.05) is 5.32 Å². The van der Waals surface area contributed by atoms with E-state index in [4.69, 9.17) is 23.2 Å². The smallest absolute Gasteiger partial charge is 0.273 e. The number of nitrogens with zero attached hydrogens (tertiary/aromatic N) is 1. The number of hydrogen-bond donors (Lipinski definition) is 2. The normalized spacial score (nSPS) is 11.1. The summed E-state index contributed by atoms with van der Waals surface area (Å²) in [5.41, 5.74) is 2.52. The molecule has 0 bridgehead atoms. The summed E-state index contributed by atoms with van der Waals surface area (Å²) in [7, 11) is 0. The number of fused-ring (bicyclic) bond motifs is 2. The Bertz CT molecular complexity index is 1090. The SMILES string of the molecule is O=C(Nc1cnc2ccccc2c1)c1[nH]c2ccc(Cl)cc2c1Cl. The first kappa shape index (κ1) is 15.0. The number of para-hydroxylation sites is 1. The summed E-state index contributed by atoms with van der Waals surface area (Å²) in [5, 5.41) is 5.39. The van der Waals surface area contributed by atoms with E-state index in [2.05, 4.69) is 15.3 Å². The Morgan fingerprint density at radius 1 is 1.08 bits per heavy atom. The highest BCUT2D eigenvalue weighted by atomic mass is 35.5. The van der Waals surface area contributed by atoms with E-state index in [0.717, 1.165) is 16.4 Å². The van der Waals surface area contributed by atoms with Gasteiger partial charge in [-0.05, 0) is 30.3 Å². The summed E-state index contributed by atoms with van der Waals surface area (Å²) in [6.45, 7) is 0. The van der Waals surface area contributed by atoms with Crippen molar-refractivity contribution in [2.24, 2.45) is 0 Å². The topological polar surface area (TPSA) is 57.8 Å². The summed E-state index contributed by atoms with van der Waals surface area (Å²) >= 11 is 12.3. The van der Waals surface area contributed by atoms with Crippen LogP contribution in [0.4, 0.5) is 5.69 Å². The minimum Gasteiger partial charge on any atom is -0.349 e. The van der Waals surface area contributed by atoms with E-state index < -0.39 is 0 Å². The van der Waals surface area contributed by atoms with Gasteiger partial charge in [0, 0.05) is 21.3 Å². The first-order valence-corrected chi connectivity index (χ1v) is 8.00. The monoisotopic (exact) mass is 355 g/mol. The summed E-state index contributed by atoms with van der Waals surface area (Å²) < 4.78 is 0. The third kappa shape index (κ3) is 2.60. The largest absolute Gasteiger partial charge is 0.349 e. The number of rotatable bonds is 2. The summed E-state index contributed by atoms with van der Waals surface area (Å²) in [5.74, 6) is -0.329. The quantitative estimate of drug-likeness (QED) is 0.514. The summed E-state index contributed by atoms with van der Waals surface area (Å²) in [4.78, 5) is 19.9. The molecule has 0 spiro atoms. The average Bonchev–Trinajstić information content (AvgIpc) is 2.91. The molecule has 4 rings (SSSR count).